The molecular weight excluding hydrogens is 395 g/mol. The second-order valence-corrected chi connectivity index (χ2v) is 7.75. The minimum atomic E-state index is -4.54. The van der Waals surface area contributed by atoms with Gasteiger partial charge in [-0.05, 0) is 31.4 Å². The number of nitrogens with one attached hydrogen (secondary N) is 2. The van der Waals surface area contributed by atoms with Crippen molar-refractivity contribution in [2.24, 2.45) is 0 Å². The molecule has 0 unspecified atom stereocenters. The van der Waals surface area contributed by atoms with Crippen LogP contribution in [0.1, 0.15) is 38.7 Å². The van der Waals surface area contributed by atoms with Gasteiger partial charge in [0.1, 0.15) is 11.4 Å². The minimum Gasteiger partial charge on any atom is -0.367 e. The molecule has 10 heteroatoms. The molecule has 2 N–H and O–H groups in total. The molecule has 156 valence electrons. The Balaban J connectivity index is 1.70. The van der Waals surface area contributed by atoms with Crippen LogP contribution in [0.4, 0.5) is 30.6 Å². The Morgan fingerprint density at radius 1 is 1.20 bits per heavy atom. The maximum atomic E-state index is 13.4. The van der Waals surface area contributed by atoms with Crippen molar-refractivity contribution in [2.75, 3.05) is 10.6 Å². The number of benzene rings is 1. The fourth-order valence-corrected chi connectivity index (χ4v) is 3.27. The van der Waals surface area contributed by atoms with Gasteiger partial charge in [-0.3, -0.25) is 4.85 Å². The van der Waals surface area contributed by atoms with Crippen LogP contribution in [0.2, 0.25) is 0 Å². The van der Waals surface area contributed by atoms with Gasteiger partial charge >= 0.3 is 11.8 Å². The maximum Gasteiger partial charge on any atom is 0.421 e. The lowest BCUT2D eigenvalue weighted by Gasteiger charge is -2.28. The van der Waals surface area contributed by atoms with Crippen LogP contribution in [0, 0.1) is 6.57 Å². The van der Waals surface area contributed by atoms with E-state index in [1.165, 1.54) is 0 Å². The summed E-state index contributed by atoms with van der Waals surface area (Å²) in [5.41, 5.74) is -0.440. The summed E-state index contributed by atoms with van der Waals surface area (Å²) < 4.78 is 41.7. The molecule has 1 aliphatic rings. The average molecular weight is 415 g/mol. The van der Waals surface area contributed by atoms with Gasteiger partial charge < -0.3 is 10.6 Å². The van der Waals surface area contributed by atoms with Gasteiger partial charge in [0, 0.05) is 31.5 Å². The van der Waals surface area contributed by atoms with E-state index in [1.807, 2.05) is 6.07 Å². The topological polar surface area (TPSA) is 72.0 Å². The zero-order valence-corrected chi connectivity index (χ0v) is 16.5. The Hall–Kier alpha value is -3.35. The number of halogens is 3. The number of anilines is 3. The molecule has 0 aliphatic heterocycles. The summed E-state index contributed by atoms with van der Waals surface area (Å²) in [6.45, 7) is 10.9. The molecule has 0 spiro atoms. The van der Waals surface area contributed by atoms with Crippen LogP contribution in [0.3, 0.4) is 0 Å². The van der Waals surface area contributed by atoms with Crippen LogP contribution >= 0.6 is 0 Å². The minimum absolute atomic E-state index is 0.00799. The van der Waals surface area contributed by atoms with Crippen LogP contribution in [-0.2, 0) is 11.8 Å². The molecule has 0 saturated heterocycles. The zero-order chi connectivity index (χ0) is 21.5. The predicted octanol–water partition coefficient (Wildman–Crippen LogP) is 5.16. The number of nitrogens with zero attached hydrogens (tertiary/aromatic N) is 5. The average Bonchev–Trinajstić information content (AvgIpc) is 3.10. The number of fused-ring (bicyclic) bond motifs is 1. The third-order valence-corrected chi connectivity index (χ3v) is 5.19. The Morgan fingerprint density at radius 2 is 1.97 bits per heavy atom. The Morgan fingerprint density at radius 3 is 2.60 bits per heavy atom. The molecule has 0 atom stereocenters. The first-order chi connectivity index (χ1) is 14.2. The first kappa shape index (κ1) is 19.9. The number of hydrogen-bond acceptors (Lipinski definition) is 5. The number of hydrogen-bond donors (Lipinski definition) is 2. The molecule has 2 aromatic heterocycles. The fourth-order valence-electron chi connectivity index (χ4n) is 3.27. The molecule has 4 rings (SSSR count). The normalized spacial score (nSPS) is 14.9. The van der Waals surface area contributed by atoms with Crippen LogP contribution in [0.25, 0.3) is 15.7 Å². The monoisotopic (exact) mass is 415 g/mol. The Labute approximate surface area is 171 Å². The summed E-state index contributed by atoms with van der Waals surface area (Å²) in [4.78, 5) is 11.6. The van der Waals surface area contributed by atoms with E-state index in [1.54, 1.807) is 36.9 Å². The molecule has 1 aliphatic carbocycles. The lowest BCUT2D eigenvalue weighted by Crippen LogP contribution is -2.29. The summed E-state index contributed by atoms with van der Waals surface area (Å²) >= 11 is 0. The van der Waals surface area contributed by atoms with E-state index in [4.69, 9.17) is 6.57 Å². The van der Waals surface area contributed by atoms with E-state index in [-0.39, 0.29) is 17.8 Å². The quantitative estimate of drug-likeness (QED) is 0.563. The van der Waals surface area contributed by atoms with Gasteiger partial charge in [0.2, 0.25) is 5.95 Å². The first-order valence-electron chi connectivity index (χ1n) is 9.53. The van der Waals surface area contributed by atoms with Crippen molar-refractivity contribution in [3.63, 3.8) is 0 Å². The van der Waals surface area contributed by atoms with E-state index in [0.717, 1.165) is 31.0 Å². The fraction of sp³-hybridized carbons (Fsp3) is 0.400. The molecular formula is C20H20F3N7. The zero-order valence-electron chi connectivity index (χ0n) is 16.5. The molecule has 0 amide bonds. The van der Waals surface area contributed by atoms with Crippen molar-refractivity contribution in [3.8, 4) is 0 Å². The number of alkyl halides is 3. The van der Waals surface area contributed by atoms with E-state index in [9.17, 15) is 13.2 Å². The highest BCUT2D eigenvalue weighted by Gasteiger charge is 2.36. The van der Waals surface area contributed by atoms with Gasteiger partial charge in [0.05, 0.1) is 17.4 Å². The van der Waals surface area contributed by atoms with Crippen molar-refractivity contribution in [3.05, 3.63) is 47.6 Å². The summed E-state index contributed by atoms with van der Waals surface area (Å²) in [7, 11) is 0. The van der Waals surface area contributed by atoms with Crippen LogP contribution < -0.4 is 10.6 Å². The smallest absolute Gasteiger partial charge is 0.367 e. The summed E-state index contributed by atoms with van der Waals surface area (Å²) in [6.07, 6.45) is 0.488. The predicted molar refractivity (Wildman–Crippen MR) is 107 cm³/mol. The molecule has 0 radical (unpaired) electrons. The van der Waals surface area contributed by atoms with Gasteiger partial charge in [-0.2, -0.15) is 27.9 Å². The van der Waals surface area contributed by atoms with E-state index in [2.05, 4.69) is 30.5 Å². The van der Waals surface area contributed by atoms with Gasteiger partial charge in [-0.15, -0.1) is 0 Å². The van der Waals surface area contributed by atoms with E-state index in [0.29, 0.717) is 11.1 Å². The van der Waals surface area contributed by atoms with Gasteiger partial charge in [-0.25, -0.2) is 11.6 Å². The molecule has 1 fully saturated rings. The third kappa shape index (κ3) is 3.63. The van der Waals surface area contributed by atoms with Crippen molar-refractivity contribution in [2.45, 2.75) is 51.0 Å². The highest BCUT2D eigenvalue weighted by atomic mass is 19.4. The summed E-state index contributed by atoms with van der Waals surface area (Å²) in [5.74, 6) is -0.170. The lowest BCUT2D eigenvalue weighted by atomic mass is 9.93. The second kappa shape index (κ2) is 7.16. The van der Waals surface area contributed by atoms with Crippen molar-refractivity contribution >= 4 is 28.4 Å². The van der Waals surface area contributed by atoms with Crippen molar-refractivity contribution in [1.82, 2.24) is 19.7 Å². The van der Waals surface area contributed by atoms with Gasteiger partial charge in [-0.1, -0.05) is 6.07 Å². The standard InChI is InChI=1S/C20H20F3N7/c1-19(2,24-3)30-16-9-5-8-15(13(16)10-26-30)28-18-25-11-14(20(21,22)23)17(29-18)27-12-6-4-7-12/h5,8-12H,4,6-7H2,1-2H3,(H2,25,27,28,29). The summed E-state index contributed by atoms with van der Waals surface area (Å²) in [6, 6.07) is 5.36. The summed E-state index contributed by atoms with van der Waals surface area (Å²) in [5, 5.41) is 10.9. The molecule has 30 heavy (non-hydrogen) atoms. The van der Waals surface area contributed by atoms with E-state index < -0.39 is 17.4 Å². The van der Waals surface area contributed by atoms with Crippen LogP contribution in [-0.4, -0.2) is 25.8 Å². The third-order valence-electron chi connectivity index (χ3n) is 5.19. The molecule has 1 saturated carbocycles. The highest BCUT2D eigenvalue weighted by Crippen LogP contribution is 2.36. The maximum absolute atomic E-state index is 13.4. The number of aromatic nitrogens is 4. The number of rotatable bonds is 5. The van der Waals surface area contributed by atoms with Crippen molar-refractivity contribution < 1.29 is 13.2 Å². The molecule has 0 bridgehead atoms. The van der Waals surface area contributed by atoms with Crippen LogP contribution in [0.15, 0.2) is 30.6 Å². The first-order valence-corrected chi connectivity index (χ1v) is 9.53. The molecule has 7 nitrogen and oxygen atoms in total. The Kier molecular flexibility index (Phi) is 4.76. The second-order valence-electron chi connectivity index (χ2n) is 7.75. The highest BCUT2D eigenvalue weighted by molar-refractivity contribution is 5.92. The van der Waals surface area contributed by atoms with Gasteiger partial charge in [0.15, 0.2) is 0 Å². The molecule has 2 heterocycles. The Bertz CT molecular complexity index is 1120. The molecule has 1 aromatic carbocycles. The molecule has 3 aromatic rings. The van der Waals surface area contributed by atoms with Crippen LogP contribution in [0.5, 0.6) is 0 Å². The SMILES string of the molecule is [C-]#[N+]C(C)(C)n1ncc2c(Nc3ncc(C(F)(F)F)c(NC4CCC4)n3)cccc21. The lowest BCUT2D eigenvalue weighted by molar-refractivity contribution is -0.137. The largest absolute Gasteiger partial charge is 0.421 e. The van der Waals surface area contributed by atoms with Crippen molar-refractivity contribution in [1.29, 1.82) is 0 Å². The van der Waals surface area contributed by atoms with Gasteiger partial charge in [0.25, 0.3) is 0 Å². The van der Waals surface area contributed by atoms with E-state index >= 15 is 0 Å².